The minimum absolute atomic E-state index is 0.00142. The van der Waals surface area contributed by atoms with E-state index >= 15 is 0 Å². The molecule has 0 radical (unpaired) electrons. The number of fused-ring (bicyclic) bond motifs is 1. The summed E-state index contributed by atoms with van der Waals surface area (Å²) < 4.78 is 0. The number of amides is 1. The van der Waals surface area contributed by atoms with Crippen LogP contribution in [0.2, 0.25) is 5.02 Å². The number of carbonyl (C=O) groups is 2. The lowest BCUT2D eigenvalue weighted by Gasteiger charge is -2.24. The number of carbonyl (C=O) groups excluding carboxylic acids is 2. The van der Waals surface area contributed by atoms with E-state index in [0.717, 1.165) is 10.8 Å². The standard InChI is InChI=1S/C24H16ClN3O3S/c1-13-26-27-24(32-13)28-20(18-8-4-6-14-5-2-3-7-17(14)18)19(22(30)23(28)31)21(29)15-9-11-16(25)12-10-15/h2-12,20,29H,1H3/b21-19+. The Labute approximate surface area is 192 Å². The van der Waals surface area contributed by atoms with E-state index in [1.165, 1.54) is 16.2 Å². The van der Waals surface area contributed by atoms with Gasteiger partial charge in [0.2, 0.25) is 5.13 Å². The van der Waals surface area contributed by atoms with E-state index in [1.807, 2.05) is 42.5 Å². The summed E-state index contributed by atoms with van der Waals surface area (Å²) in [5.41, 5.74) is 1.11. The fraction of sp³-hybridized carbons (Fsp3) is 0.0833. The maximum Gasteiger partial charge on any atom is 0.301 e. The van der Waals surface area contributed by atoms with Crippen LogP contribution in [0, 0.1) is 6.92 Å². The molecule has 0 bridgehead atoms. The number of ketones is 1. The number of aliphatic hydroxyl groups excluding tert-OH is 1. The topological polar surface area (TPSA) is 83.4 Å². The van der Waals surface area contributed by atoms with Crippen LogP contribution in [-0.2, 0) is 9.59 Å². The Morgan fingerprint density at radius 3 is 2.44 bits per heavy atom. The normalized spacial score (nSPS) is 17.9. The van der Waals surface area contributed by atoms with E-state index in [0.29, 0.717) is 26.3 Å². The summed E-state index contributed by atoms with van der Waals surface area (Å²) in [5.74, 6) is -1.79. The second-order valence-electron chi connectivity index (χ2n) is 7.35. The zero-order valence-electron chi connectivity index (χ0n) is 16.8. The van der Waals surface area contributed by atoms with Gasteiger partial charge in [-0.1, -0.05) is 65.4 Å². The number of halogens is 1. The van der Waals surface area contributed by atoms with Gasteiger partial charge in [-0.2, -0.15) is 0 Å². The molecule has 158 valence electrons. The first-order valence-corrected chi connectivity index (χ1v) is 11.0. The van der Waals surface area contributed by atoms with Crippen molar-refractivity contribution in [3.8, 4) is 0 Å². The molecule has 1 saturated heterocycles. The Balaban J connectivity index is 1.80. The van der Waals surface area contributed by atoms with Crippen LogP contribution in [0.5, 0.6) is 0 Å². The van der Waals surface area contributed by atoms with E-state index in [4.69, 9.17) is 11.6 Å². The molecule has 1 unspecified atom stereocenters. The van der Waals surface area contributed by atoms with Crippen LogP contribution in [0.3, 0.4) is 0 Å². The van der Waals surface area contributed by atoms with Gasteiger partial charge in [0, 0.05) is 10.6 Å². The maximum absolute atomic E-state index is 13.2. The summed E-state index contributed by atoms with van der Waals surface area (Å²) in [5, 5.41) is 22.6. The average molecular weight is 462 g/mol. The molecular weight excluding hydrogens is 446 g/mol. The highest BCUT2D eigenvalue weighted by Gasteiger charge is 2.48. The highest BCUT2D eigenvalue weighted by molar-refractivity contribution is 7.15. The van der Waals surface area contributed by atoms with Crippen LogP contribution >= 0.6 is 22.9 Å². The zero-order chi connectivity index (χ0) is 22.4. The summed E-state index contributed by atoms with van der Waals surface area (Å²) in [6, 6.07) is 19.0. The SMILES string of the molecule is Cc1nnc(N2C(=O)C(=O)/C(=C(/O)c3ccc(Cl)cc3)C2c2cccc3ccccc23)s1. The summed E-state index contributed by atoms with van der Waals surface area (Å²) in [6.07, 6.45) is 0. The van der Waals surface area contributed by atoms with Crippen molar-refractivity contribution in [3.63, 3.8) is 0 Å². The zero-order valence-corrected chi connectivity index (χ0v) is 18.4. The fourth-order valence-corrected chi connectivity index (χ4v) is 4.80. The molecule has 1 aliphatic rings. The number of benzene rings is 3. The molecule has 0 aliphatic carbocycles. The number of aromatic nitrogens is 2. The van der Waals surface area contributed by atoms with Gasteiger partial charge in [0.15, 0.2) is 0 Å². The highest BCUT2D eigenvalue weighted by Crippen LogP contribution is 2.44. The van der Waals surface area contributed by atoms with Crippen molar-refractivity contribution in [2.45, 2.75) is 13.0 Å². The van der Waals surface area contributed by atoms with Gasteiger partial charge in [0.05, 0.1) is 11.6 Å². The van der Waals surface area contributed by atoms with Gasteiger partial charge < -0.3 is 5.11 Å². The van der Waals surface area contributed by atoms with Gasteiger partial charge in [0.25, 0.3) is 5.78 Å². The molecule has 8 heteroatoms. The van der Waals surface area contributed by atoms with Crippen LogP contribution in [0.25, 0.3) is 16.5 Å². The number of nitrogens with zero attached hydrogens (tertiary/aromatic N) is 3. The Bertz CT molecular complexity index is 1410. The van der Waals surface area contributed by atoms with Crippen molar-refractivity contribution in [2.75, 3.05) is 4.90 Å². The maximum atomic E-state index is 13.2. The summed E-state index contributed by atoms with van der Waals surface area (Å²) in [6.45, 7) is 1.78. The lowest BCUT2D eigenvalue weighted by Crippen LogP contribution is -2.29. The minimum atomic E-state index is -0.857. The van der Waals surface area contributed by atoms with Gasteiger partial charge >= 0.3 is 5.91 Å². The number of aryl methyl sites for hydroxylation is 1. The molecule has 0 saturated carbocycles. The predicted molar refractivity (Wildman–Crippen MR) is 125 cm³/mol. The van der Waals surface area contributed by atoms with Gasteiger partial charge in [-0.3, -0.25) is 14.5 Å². The van der Waals surface area contributed by atoms with Crippen LogP contribution < -0.4 is 4.90 Å². The number of Topliss-reactive ketones (excluding diaryl/α,β-unsaturated/α-hetero) is 1. The van der Waals surface area contributed by atoms with Crippen molar-refractivity contribution in [3.05, 3.63) is 93.5 Å². The Morgan fingerprint density at radius 2 is 1.72 bits per heavy atom. The molecule has 2 heterocycles. The molecule has 4 aromatic rings. The number of anilines is 1. The van der Waals surface area contributed by atoms with Crippen LogP contribution in [0.15, 0.2) is 72.3 Å². The van der Waals surface area contributed by atoms with E-state index in [1.54, 1.807) is 31.2 Å². The first-order chi connectivity index (χ1) is 15.5. The predicted octanol–water partition coefficient (Wildman–Crippen LogP) is 5.28. The third-order valence-electron chi connectivity index (χ3n) is 5.40. The fourth-order valence-electron chi connectivity index (χ4n) is 3.96. The molecule has 1 aliphatic heterocycles. The second-order valence-corrected chi connectivity index (χ2v) is 8.94. The molecule has 1 fully saturated rings. The number of hydrogen-bond donors (Lipinski definition) is 1. The number of rotatable bonds is 3. The Kier molecular flexibility index (Phi) is 5.00. The van der Waals surface area contributed by atoms with E-state index in [2.05, 4.69) is 10.2 Å². The third kappa shape index (κ3) is 3.26. The third-order valence-corrected chi connectivity index (χ3v) is 6.49. The van der Waals surface area contributed by atoms with Crippen molar-refractivity contribution < 1.29 is 14.7 Å². The molecule has 3 aromatic carbocycles. The van der Waals surface area contributed by atoms with Gasteiger partial charge in [-0.25, -0.2) is 0 Å². The van der Waals surface area contributed by atoms with Crippen LogP contribution in [0.4, 0.5) is 5.13 Å². The quantitative estimate of drug-likeness (QED) is 0.255. The summed E-state index contributed by atoms with van der Waals surface area (Å²) in [7, 11) is 0. The van der Waals surface area contributed by atoms with Crippen molar-refractivity contribution in [1.82, 2.24) is 10.2 Å². The number of aliphatic hydroxyl groups is 1. The summed E-state index contributed by atoms with van der Waals surface area (Å²) in [4.78, 5) is 27.7. The molecule has 1 aromatic heterocycles. The largest absolute Gasteiger partial charge is 0.507 e. The summed E-state index contributed by atoms with van der Waals surface area (Å²) >= 11 is 7.20. The first-order valence-electron chi connectivity index (χ1n) is 9.80. The molecule has 6 nitrogen and oxygen atoms in total. The van der Waals surface area contributed by atoms with Gasteiger partial charge in [-0.05, 0) is 47.5 Å². The van der Waals surface area contributed by atoms with Gasteiger partial charge in [-0.15, -0.1) is 10.2 Å². The Hall–Kier alpha value is -3.55. The highest BCUT2D eigenvalue weighted by atomic mass is 35.5. The first kappa shape index (κ1) is 20.4. The Morgan fingerprint density at radius 1 is 1.00 bits per heavy atom. The molecule has 0 spiro atoms. The smallest absolute Gasteiger partial charge is 0.301 e. The van der Waals surface area contributed by atoms with Gasteiger partial charge in [0.1, 0.15) is 10.8 Å². The van der Waals surface area contributed by atoms with Crippen molar-refractivity contribution in [2.24, 2.45) is 0 Å². The second kappa shape index (κ2) is 7.85. The van der Waals surface area contributed by atoms with Crippen molar-refractivity contribution >= 4 is 56.3 Å². The average Bonchev–Trinajstić information content (AvgIpc) is 3.34. The van der Waals surface area contributed by atoms with E-state index < -0.39 is 17.7 Å². The monoisotopic (exact) mass is 461 g/mol. The number of hydrogen-bond acceptors (Lipinski definition) is 6. The molecule has 5 rings (SSSR count). The molecule has 32 heavy (non-hydrogen) atoms. The minimum Gasteiger partial charge on any atom is -0.507 e. The van der Waals surface area contributed by atoms with Crippen LogP contribution in [0.1, 0.15) is 22.2 Å². The lowest BCUT2D eigenvalue weighted by molar-refractivity contribution is -0.132. The molecule has 1 atom stereocenters. The molecule has 1 N–H and O–H groups in total. The van der Waals surface area contributed by atoms with E-state index in [9.17, 15) is 14.7 Å². The lowest BCUT2D eigenvalue weighted by atomic mass is 9.92. The van der Waals surface area contributed by atoms with Crippen molar-refractivity contribution in [1.29, 1.82) is 0 Å². The molecule has 1 amide bonds. The van der Waals surface area contributed by atoms with E-state index in [-0.39, 0.29) is 11.3 Å². The van der Waals surface area contributed by atoms with Crippen LogP contribution in [-0.4, -0.2) is 27.0 Å². The molecular formula is C24H16ClN3O3S.